The standard InChI is InChI=1S/C16H16O9/c1-6-4-10(17)24-9-5-7(2-3-8(6)9)23-16-13(20)11(18)12(19)14(25-16)15(21)22/h2-5,11-14,16,18-20H,1H3,(H,21,22)/t11-,12+,13+,14-,16+/m0/s1. The van der Waals surface area contributed by atoms with Gasteiger partial charge in [0.2, 0.25) is 6.29 Å². The Balaban J connectivity index is 1.89. The summed E-state index contributed by atoms with van der Waals surface area (Å²) in [6.45, 7) is 1.74. The molecule has 5 atom stereocenters. The van der Waals surface area contributed by atoms with E-state index >= 15 is 0 Å². The van der Waals surface area contributed by atoms with Gasteiger partial charge in [0, 0.05) is 17.5 Å². The second kappa shape index (κ2) is 6.45. The van der Waals surface area contributed by atoms with Crippen molar-refractivity contribution in [3.05, 3.63) is 40.2 Å². The molecule has 0 unspecified atom stereocenters. The minimum atomic E-state index is -1.80. The summed E-state index contributed by atoms with van der Waals surface area (Å²) in [5, 5.41) is 39.1. The van der Waals surface area contributed by atoms with E-state index in [1.54, 1.807) is 13.0 Å². The topological polar surface area (TPSA) is 147 Å². The molecule has 4 N–H and O–H groups in total. The molecule has 0 aliphatic carbocycles. The van der Waals surface area contributed by atoms with E-state index in [2.05, 4.69) is 0 Å². The zero-order valence-electron chi connectivity index (χ0n) is 13.0. The number of hydrogen-bond donors (Lipinski definition) is 4. The number of carbonyl (C=O) groups is 1. The molecule has 3 rings (SSSR count). The number of benzene rings is 1. The van der Waals surface area contributed by atoms with Crippen LogP contribution in [-0.2, 0) is 9.53 Å². The van der Waals surface area contributed by atoms with E-state index in [-0.39, 0.29) is 11.3 Å². The molecule has 9 heteroatoms. The fraction of sp³-hybridized carbons (Fsp3) is 0.375. The Labute approximate surface area is 140 Å². The molecule has 1 aromatic carbocycles. The molecule has 1 fully saturated rings. The number of carboxylic acid groups (broad SMARTS) is 1. The molecule has 1 saturated heterocycles. The van der Waals surface area contributed by atoms with E-state index in [0.717, 1.165) is 0 Å². The average Bonchev–Trinajstić information content (AvgIpc) is 2.54. The van der Waals surface area contributed by atoms with Crippen molar-refractivity contribution in [3.63, 3.8) is 0 Å². The number of aryl methyl sites for hydroxylation is 1. The predicted molar refractivity (Wildman–Crippen MR) is 82.2 cm³/mol. The number of fused-ring (bicyclic) bond motifs is 1. The van der Waals surface area contributed by atoms with E-state index in [0.29, 0.717) is 10.9 Å². The van der Waals surface area contributed by atoms with Crippen molar-refractivity contribution in [2.75, 3.05) is 0 Å². The number of carboxylic acids is 1. The van der Waals surface area contributed by atoms with Gasteiger partial charge in [-0.15, -0.1) is 0 Å². The normalized spacial score (nSPS) is 29.5. The van der Waals surface area contributed by atoms with Crippen LogP contribution in [0.4, 0.5) is 0 Å². The van der Waals surface area contributed by atoms with Crippen LogP contribution in [0.15, 0.2) is 33.5 Å². The number of aliphatic carboxylic acids is 1. The SMILES string of the molecule is Cc1cc(=O)oc2cc(O[C@@H]3O[C@H](C(=O)O)[C@H](O)[C@H](O)[C@H]3O)ccc12. The lowest BCUT2D eigenvalue weighted by Crippen LogP contribution is -2.61. The highest BCUT2D eigenvalue weighted by Gasteiger charge is 2.48. The second-order valence-corrected chi connectivity index (χ2v) is 5.76. The maximum Gasteiger partial charge on any atom is 0.336 e. The monoisotopic (exact) mass is 352 g/mol. The van der Waals surface area contributed by atoms with Gasteiger partial charge in [-0.3, -0.25) is 0 Å². The highest BCUT2D eigenvalue weighted by atomic mass is 16.7. The molecule has 1 aliphatic rings. The van der Waals surface area contributed by atoms with Crippen LogP contribution in [0, 0.1) is 6.92 Å². The summed E-state index contributed by atoms with van der Waals surface area (Å²) in [7, 11) is 0. The van der Waals surface area contributed by atoms with Gasteiger partial charge >= 0.3 is 11.6 Å². The van der Waals surface area contributed by atoms with Gasteiger partial charge in [0.25, 0.3) is 0 Å². The Morgan fingerprint density at radius 3 is 2.52 bits per heavy atom. The van der Waals surface area contributed by atoms with E-state index in [1.807, 2.05) is 0 Å². The fourth-order valence-corrected chi connectivity index (χ4v) is 2.66. The van der Waals surface area contributed by atoms with Crippen LogP contribution in [0.3, 0.4) is 0 Å². The van der Waals surface area contributed by atoms with Gasteiger partial charge in [-0.1, -0.05) is 0 Å². The Hall–Kier alpha value is -2.46. The lowest BCUT2D eigenvalue weighted by Gasteiger charge is -2.38. The second-order valence-electron chi connectivity index (χ2n) is 5.76. The van der Waals surface area contributed by atoms with Gasteiger partial charge in [0.15, 0.2) is 6.10 Å². The number of hydrogen-bond acceptors (Lipinski definition) is 8. The smallest absolute Gasteiger partial charge is 0.336 e. The lowest BCUT2D eigenvalue weighted by molar-refractivity contribution is -0.271. The van der Waals surface area contributed by atoms with E-state index in [4.69, 9.17) is 19.0 Å². The third kappa shape index (κ3) is 3.22. The minimum absolute atomic E-state index is 0.123. The summed E-state index contributed by atoms with van der Waals surface area (Å²) in [5.41, 5.74) is 0.403. The quantitative estimate of drug-likeness (QED) is 0.530. The maximum atomic E-state index is 11.5. The number of aliphatic hydroxyl groups is 3. The lowest BCUT2D eigenvalue weighted by atomic mass is 9.99. The van der Waals surface area contributed by atoms with Crippen molar-refractivity contribution >= 4 is 16.9 Å². The predicted octanol–water partition coefficient (Wildman–Crippen LogP) is -0.628. The minimum Gasteiger partial charge on any atom is -0.479 e. The molecule has 9 nitrogen and oxygen atoms in total. The van der Waals surface area contributed by atoms with Crippen molar-refractivity contribution < 1.29 is 39.1 Å². The van der Waals surface area contributed by atoms with Gasteiger partial charge in [-0.25, -0.2) is 9.59 Å². The summed E-state index contributed by atoms with van der Waals surface area (Å²) in [4.78, 5) is 22.5. The van der Waals surface area contributed by atoms with Crippen LogP contribution in [0.2, 0.25) is 0 Å². The molecule has 0 radical (unpaired) electrons. The van der Waals surface area contributed by atoms with Gasteiger partial charge in [-0.2, -0.15) is 0 Å². The largest absolute Gasteiger partial charge is 0.479 e. The summed E-state index contributed by atoms with van der Waals surface area (Å²) in [6.07, 6.45) is -8.53. The first-order chi connectivity index (χ1) is 11.8. The van der Waals surface area contributed by atoms with Crippen LogP contribution in [0.1, 0.15) is 5.56 Å². The molecule has 1 aliphatic heterocycles. The highest BCUT2D eigenvalue weighted by molar-refractivity contribution is 5.81. The first kappa shape index (κ1) is 17.4. The van der Waals surface area contributed by atoms with E-state index < -0.39 is 42.3 Å². The number of ether oxygens (including phenoxy) is 2. The third-order valence-corrected chi connectivity index (χ3v) is 3.99. The number of rotatable bonds is 3. The molecule has 25 heavy (non-hydrogen) atoms. The zero-order chi connectivity index (χ0) is 18.3. The molecular formula is C16H16O9. The first-order valence-corrected chi connectivity index (χ1v) is 7.41. The summed E-state index contributed by atoms with van der Waals surface area (Å²) < 4.78 is 15.5. The van der Waals surface area contributed by atoms with Crippen molar-refractivity contribution in [3.8, 4) is 5.75 Å². The van der Waals surface area contributed by atoms with Gasteiger partial charge in [0.1, 0.15) is 29.6 Å². The molecule has 1 aromatic heterocycles. The molecule has 2 heterocycles. The number of aliphatic hydroxyl groups excluding tert-OH is 3. The first-order valence-electron chi connectivity index (χ1n) is 7.41. The van der Waals surface area contributed by atoms with E-state index in [1.165, 1.54) is 18.2 Å². The molecular weight excluding hydrogens is 336 g/mol. The molecule has 134 valence electrons. The Kier molecular flexibility index (Phi) is 4.48. The summed E-state index contributed by atoms with van der Waals surface area (Å²) in [5.74, 6) is -1.38. The van der Waals surface area contributed by atoms with Crippen LogP contribution in [-0.4, -0.2) is 57.1 Å². The van der Waals surface area contributed by atoms with Gasteiger partial charge < -0.3 is 34.3 Å². The summed E-state index contributed by atoms with van der Waals surface area (Å²) in [6, 6.07) is 5.86. The Morgan fingerprint density at radius 1 is 1.12 bits per heavy atom. The molecule has 0 bridgehead atoms. The van der Waals surface area contributed by atoms with Gasteiger partial charge in [0.05, 0.1) is 0 Å². The van der Waals surface area contributed by atoms with Gasteiger partial charge in [-0.05, 0) is 24.6 Å². The average molecular weight is 352 g/mol. The Bertz CT molecular complexity index is 858. The summed E-state index contributed by atoms with van der Waals surface area (Å²) >= 11 is 0. The van der Waals surface area contributed by atoms with Crippen LogP contribution < -0.4 is 10.4 Å². The fourth-order valence-electron chi connectivity index (χ4n) is 2.66. The van der Waals surface area contributed by atoms with Crippen LogP contribution >= 0.6 is 0 Å². The van der Waals surface area contributed by atoms with Crippen molar-refractivity contribution in [2.45, 2.75) is 37.6 Å². The Morgan fingerprint density at radius 2 is 1.84 bits per heavy atom. The van der Waals surface area contributed by atoms with Crippen molar-refractivity contribution in [1.82, 2.24) is 0 Å². The zero-order valence-corrected chi connectivity index (χ0v) is 13.0. The highest BCUT2D eigenvalue weighted by Crippen LogP contribution is 2.27. The molecule has 0 amide bonds. The molecule has 0 saturated carbocycles. The molecule has 2 aromatic rings. The maximum absolute atomic E-state index is 11.5. The van der Waals surface area contributed by atoms with Crippen molar-refractivity contribution in [1.29, 1.82) is 0 Å². The van der Waals surface area contributed by atoms with Crippen LogP contribution in [0.5, 0.6) is 5.75 Å². The molecule has 0 spiro atoms. The van der Waals surface area contributed by atoms with Crippen molar-refractivity contribution in [2.24, 2.45) is 0 Å². The third-order valence-electron chi connectivity index (χ3n) is 3.99. The van der Waals surface area contributed by atoms with Crippen LogP contribution in [0.25, 0.3) is 11.0 Å². The van der Waals surface area contributed by atoms with E-state index in [9.17, 15) is 24.9 Å².